The molecular weight excluding hydrogens is 310 g/mol. The van der Waals surface area contributed by atoms with Crippen LogP contribution in [0.4, 0.5) is 5.69 Å². The number of aromatic amines is 1. The fourth-order valence-electron chi connectivity index (χ4n) is 2.13. The summed E-state index contributed by atoms with van der Waals surface area (Å²) in [4.78, 5) is 15.5. The zero-order valence-corrected chi connectivity index (χ0v) is 13.0. The molecule has 6 nitrogen and oxygen atoms in total. The molecule has 0 aliphatic heterocycles. The lowest BCUT2D eigenvalue weighted by molar-refractivity contribution is 0.589. The average molecular weight is 323 g/mol. The van der Waals surface area contributed by atoms with Crippen molar-refractivity contribution in [2.24, 2.45) is 0 Å². The van der Waals surface area contributed by atoms with E-state index in [4.69, 9.17) is 5.73 Å². The Morgan fingerprint density at radius 3 is 2.57 bits per heavy atom. The fraction of sp³-hybridized carbons (Fsp3) is 0.154. The molecule has 0 radical (unpaired) electrons. The molecule has 0 atom stereocenters. The van der Waals surface area contributed by atoms with Gasteiger partial charge in [0.15, 0.2) is 0 Å². The minimum Gasteiger partial charge on any atom is -0.398 e. The summed E-state index contributed by atoms with van der Waals surface area (Å²) in [5.74, 6) is 0. The summed E-state index contributed by atoms with van der Waals surface area (Å²) < 4.78 is 26.3. The molecule has 2 aromatic heterocycles. The van der Waals surface area contributed by atoms with E-state index in [9.17, 15) is 13.2 Å². The summed E-state index contributed by atoms with van der Waals surface area (Å²) in [7, 11) is -3.91. The van der Waals surface area contributed by atoms with Crippen LogP contribution in [0.3, 0.4) is 0 Å². The predicted octanol–water partition coefficient (Wildman–Crippen LogP) is 1.83. The number of nitrogens with zero attached hydrogens (tertiary/aromatic N) is 1. The van der Waals surface area contributed by atoms with Crippen LogP contribution in [0.15, 0.2) is 33.3 Å². The van der Waals surface area contributed by atoms with Gasteiger partial charge < -0.3 is 10.7 Å². The summed E-state index contributed by atoms with van der Waals surface area (Å²) >= 11 is 1.13. The Morgan fingerprint density at radius 1 is 1.24 bits per heavy atom. The quantitative estimate of drug-likeness (QED) is 0.703. The van der Waals surface area contributed by atoms with E-state index < -0.39 is 15.7 Å². The van der Waals surface area contributed by atoms with Crippen LogP contribution in [0.5, 0.6) is 0 Å². The zero-order chi connectivity index (χ0) is 15.4. The number of aromatic nitrogens is 2. The summed E-state index contributed by atoms with van der Waals surface area (Å²) in [6.45, 7) is 3.57. The highest BCUT2D eigenvalue weighted by molar-refractivity contribution is 7.92. The molecule has 0 fully saturated rings. The molecule has 110 valence electrons. The summed E-state index contributed by atoms with van der Waals surface area (Å²) in [5.41, 5.74) is 7.02. The Balaban J connectivity index is 2.37. The van der Waals surface area contributed by atoms with E-state index in [1.54, 1.807) is 25.1 Å². The van der Waals surface area contributed by atoms with Crippen LogP contribution in [-0.4, -0.2) is 17.4 Å². The van der Waals surface area contributed by atoms with Crippen molar-refractivity contribution in [3.05, 3.63) is 45.2 Å². The molecule has 0 spiro atoms. The third kappa shape index (κ3) is 2.07. The van der Waals surface area contributed by atoms with Crippen molar-refractivity contribution >= 4 is 38.1 Å². The molecule has 2 heterocycles. The van der Waals surface area contributed by atoms with Crippen LogP contribution in [0.25, 0.3) is 11.0 Å². The van der Waals surface area contributed by atoms with Gasteiger partial charge in [0, 0.05) is 10.6 Å². The lowest BCUT2D eigenvalue weighted by atomic mass is 10.2. The smallest absolute Gasteiger partial charge is 0.340 e. The normalized spacial score (nSPS) is 12.1. The van der Waals surface area contributed by atoms with Gasteiger partial charge in [0.05, 0.1) is 11.0 Å². The van der Waals surface area contributed by atoms with E-state index in [-0.39, 0.29) is 4.21 Å². The SMILES string of the molecule is Cc1ccc(S(=O)(=O)n2c(=O)[nH]c3cc(N)c(C)cc32)s1. The molecule has 0 aliphatic carbocycles. The largest absolute Gasteiger partial charge is 0.398 e. The van der Waals surface area contributed by atoms with Crippen LogP contribution in [0, 0.1) is 13.8 Å². The summed E-state index contributed by atoms with van der Waals surface area (Å²) in [6, 6.07) is 6.38. The van der Waals surface area contributed by atoms with Crippen molar-refractivity contribution in [2.75, 3.05) is 5.73 Å². The Morgan fingerprint density at radius 2 is 1.95 bits per heavy atom. The highest BCUT2D eigenvalue weighted by Crippen LogP contribution is 2.26. The Bertz CT molecular complexity index is 1010. The number of anilines is 1. The highest BCUT2D eigenvalue weighted by atomic mass is 32.2. The first-order valence-electron chi connectivity index (χ1n) is 6.13. The molecule has 0 aliphatic rings. The molecule has 3 N–H and O–H groups in total. The minimum absolute atomic E-state index is 0.137. The third-order valence-corrected chi connectivity index (χ3v) is 6.40. The Hall–Kier alpha value is -2.06. The van der Waals surface area contributed by atoms with Crippen LogP contribution in [0.2, 0.25) is 0 Å². The lowest BCUT2D eigenvalue weighted by Crippen LogP contribution is -2.24. The second kappa shape index (κ2) is 4.47. The minimum atomic E-state index is -3.91. The zero-order valence-electron chi connectivity index (χ0n) is 11.4. The molecule has 0 saturated heterocycles. The van der Waals surface area contributed by atoms with Gasteiger partial charge in [-0.15, -0.1) is 11.3 Å². The van der Waals surface area contributed by atoms with Crippen molar-refractivity contribution in [3.63, 3.8) is 0 Å². The third-order valence-electron chi connectivity index (χ3n) is 3.24. The van der Waals surface area contributed by atoms with Crippen molar-refractivity contribution in [2.45, 2.75) is 18.1 Å². The first kappa shape index (κ1) is 13.9. The number of hydrogen-bond acceptors (Lipinski definition) is 5. The number of imidazole rings is 1. The predicted molar refractivity (Wildman–Crippen MR) is 83.3 cm³/mol. The fourth-order valence-corrected chi connectivity index (χ4v) is 4.85. The van der Waals surface area contributed by atoms with E-state index in [0.29, 0.717) is 22.3 Å². The van der Waals surface area contributed by atoms with Gasteiger partial charge >= 0.3 is 5.69 Å². The molecule has 21 heavy (non-hydrogen) atoms. The monoisotopic (exact) mass is 323 g/mol. The molecule has 8 heteroatoms. The van der Waals surface area contributed by atoms with Gasteiger partial charge in [0.25, 0.3) is 10.0 Å². The standard InChI is InChI=1S/C13H13N3O3S2/c1-7-5-11-10(6-9(7)14)15-13(17)16(11)21(18,19)12-4-3-8(2)20-12/h3-6H,14H2,1-2H3,(H,15,17). The van der Waals surface area contributed by atoms with E-state index in [2.05, 4.69) is 4.98 Å². The van der Waals surface area contributed by atoms with Crippen LogP contribution in [0.1, 0.15) is 10.4 Å². The van der Waals surface area contributed by atoms with Gasteiger partial charge in [-0.2, -0.15) is 12.4 Å². The summed E-state index contributed by atoms with van der Waals surface area (Å²) in [6.07, 6.45) is 0. The second-order valence-electron chi connectivity index (χ2n) is 4.79. The van der Waals surface area contributed by atoms with Gasteiger partial charge in [-0.25, -0.2) is 4.79 Å². The molecule has 0 saturated carbocycles. The van der Waals surface area contributed by atoms with Crippen molar-refractivity contribution in [3.8, 4) is 0 Å². The number of H-pyrrole nitrogens is 1. The number of fused-ring (bicyclic) bond motifs is 1. The van der Waals surface area contributed by atoms with Crippen molar-refractivity contribution in [1.82, 2.24) is 8.96 Å². The molecular formula is C13H13N3O3S2. The average Bonchev–Trinajstić information content (AvgIpc) is 2.94. The number of nitrogens with two attached hydrogens (primary N) is 1. The van der Waals surface area contributed by atoms with Crippen LogP contribution < -0.4 is 11.4 Å². The maximum atomic E-state index is 12.7. The maximum Gasteiger partial charge on any atom is 0.340 e. The van der Waals surface area contributed by atoms with E-state index in [0.717, 1.165) is 20.2 Å². The Kier molecular flexibility index (Phi) is 2.96. The van der Waals surface area contributed by atoms with Gasteiger partial charge in [0.1, 0.15) is 4.21 Å². The van der Waals surface area contributed by atoms with Gasteiger partial charge in [-0.3, -0.25) is 0 Å². The second-order valence-corrected chi connectivity index (χ2v) is 8.09. The molecule has 0 bridgehead atoms. The van der Waals surface area contributed by atoms with Gasteiger partial charge in [-0.05, 0) is 43.7 Å². The lowest BCUT2D eigenvalue weighted by Gasteiger charge is -2.05. The number of nitrogen functional groups attached to an aromatic ring is 1. The number of hydrogen-bond donors (Lipinski definition) is 2. The van der Waals surface area contributed by atoms with Crippen LogP contribution in [-0.2, 0) is 10.0 Å². The van der Waals surface area contributed by atoms with Gasteiger partial charge in [0.2, 0.25) is 0 Å². The molecule has 3 aromatic rings. The van der Waals surface area contributed by atoms with Crippen molar-refractivity contribution in [1.29, 1.82) is 0 Å². The van der Waals surface area contributed by atoms with E-state index >= 15 is 0 Å². The number of benzene rings is 1. The molecule has 1 aromatic carbocycles. The number of aryl methyl sites for hydroxylation is 2. The first-order chi connectivity index (χ1) is 9.80. The van der Waals surface area contributed by atoms with Gasteiger partial charge in [-0.1, -0.05) is 0 Å². The van der Waals surface area contributed by atoms with Crippen molar-refractivity contribution < 1.29 is 8.42 Å². The summed E-state index contributed by atoms with van der Waals surface area (Å²) in [5, 5.41) is 0. The van der Waals surface area contributed by atoms with E-state index in [1.807, 2.05) is 6.92 Å². The number of nitrogens with one attached hydrogen (secondary N) is 1. The highest BCUT2D eigenvalue weighted by Gasteiger charge is 2.24. The number of thiophene rings is 1. The topological polar surface area (TPSA) is 98.0 Å². The number of rotatable bonds is 2. The Labute approximate surface area is 124 Å². The molecule has 0 amide bonds. The first-order valence-corrected chi connectivity index (χ1v) is 8.39. The molecule has 0 unspecified atom stereocenters. The van der Waals surface area contributed by atoms with Crippen LogP contribution >= 0.6 is 11.3 Å². The maximum absolute atomic E-state index is 12.7. The molecule has 3 rings (SSSR count). The van der Waals surface area contributed by atoms with E-state index in [1.165, 1.54) is 6.07 Å².